The Morgan fingerprint density at radius 3 is 3.20 bits per heavy atom. The van der Waals surface area contributed by atoms with E-state index in [1.54, 1.807) is 0 Å². The first-order valence-corrected chi connectivity index (χ1v) is 2.02. The fourth-order valence-electron chi connectivity index (χ4n) is 0.0236. The normalized spacial score (nSPS) is 46.2. The minimum atomic E-state index is -3.23. The van der Waals surface area contributed by atoms with E-state index < -0.39 is 24.0 Å². The second-order valence-electron chi connectivity index (χ2n) is 0.344. The quantitative estimate of drug-likeness (QED) is 0.466. The molecule has 0 N–H and O–H groups in total. The van der Waals surface area contributed by atoms with Crippen LogP contribution in [-0.2, 0) is 0 Å². The van der Waals surface area contributed by atoms with Crippen molar-refractivity contribution >= 4 is 22.6 Å². The molecule has 5 heavy (non-hydrogen) atoms. The van der Waals surface area contributed by atoms with Crippen molar-refractivity contribution in [3.05, 3.63) is 0 Å². The van der Waals surface area contributed by atoms with E-state index in [9.17, 15) is 0 Å². The highest BCUT2D eigenvalue weighted by Crippen LogP contribution is 1.90. The molecule has 0 fully saturated rings. The second kappa shape index (κ2) is 4.73. The lowest BCUT2D eigenvalue weighted by Crippen LogP contribution is -1.64. The third-order valence-electron chi connectivity index (χ3n) is 0.110. The van der Waals surface area contributed by atoms with Crippen molar-refractivity contribution in [1.82, 2.24) is 0 Å². The van der Waals surface area contributed by atoms with Gasteiger partial charge in [0.2, 0.25) is 0 Å². The van der Waals surface area contributed by atoms with Gasteiger partial charge in [0.1, 0.15) is 0 Å². The molecule has 0 nitrogen and oxygen atoms in total. The van der Waals surface area contributed by atoms with Crippen LogP contribution in [0.2, 0.25) is 0 Å². The van der Waals surface area contributed by atoms with Crippen molar-refractivity contribution in [3.63, 3.8) is 0 Å². The number of hydrogen-bond acceptors (Lipinski definition) is 0. The monoisotopic (exact) mass is 193 g/mol. The van der Waals surface area contributed by atoms with Gasteiger partial charge in [-0.15, -0.1) is 0 Å². The molecule has 0 aliphatic carbocycles. The fourth-order valence-corrected chi connectivity index (χ4v) is 0.158. The Kier molecular flexibility index (Phi) is 0.643. The molecule has 0 amide bonds. The van der Waals surface area contributed by atoms with E-state index in [-0.39, 0.29) is 0 Å². The maximum atomic E-state index is 7.19. The van der Waals surface area contributed by atoms with Gasteiger partial charge in [0.25, 0.3) is 0 Å². The molecule has 0 aliphatic rings. The molecule has 0 atom stereocenters. The Labute approximate surface area is 59.7 Å². The summed E-state index contributed by atoms with van der Waals surface area (Å²) in [5.74, 6) is 0. The minimum absolute atomic E-state index is 1.05. The van der Waals surface area contributed by atoms with E-state index in [1.807, 2.05) is 0 Å². The molecular formula is C4H9I. The Bertz CT molecular complexity index is 186. The summed E-state index contributed by atoms with van der Waals surface area (Å²) in [6, 6.07) is 0. The highest BCUT2D eigenvalue weighted by atomic mass is 127. The van der Waals surface area contributed by atoms with Gasteiger partial charge >= 0.3 is 0 Å². The average Bonchev–Trinajstić information content (AvgIpc) is 1.81. The summed E-state index contributed by atoms with van der Waals surface area (Å²) < 4.78 is 60.6. The third-order valence-corrected chi connectivity index (χ3v) is 0.379. The number of hydrogen-bond donors (Lipinski definition) is 0. The molecule has 1 heteroatoms. The molecule has 0 aliphatic heterocycles. The summed E-state index contributed by atoms with van der Waals surface area (Å²) in [4.78, 5) is 0. The molecule has 0 saturated carbocycles. The smallest absolute Gasteiger partial charge is 0.0377 e. The van der Waals surface area contributed by atoms with Crippen molar-refractivity contribution in [2.24, 2.45) is 0 Å². The summed E-state index contributed by atoms with van der Waals surface area (Å²) in [5, 5.41) is 0. The van der Waals surface area contributed by atoms with Gasteiger partial charge in [-0.05, 0) is 10.8 Å². The fraction of sp³-hybridized carbons (Fsp3) is 1.00. The van der Waals surface area contributed by atoms with Gasteiger partial charge in [0.05, 0.1) is 0 Å². The Balaban J connectivity index is 5.30. The molecule has 0 heterocycles. The van der Waals surface area contributed by atoms with E-state index in [4.69, 9.17) is 12.3 Å². The molecule has 0 unspecified atom stereocenters. The van der Waals surface area contributed by atoms with Crippen LogP contribution in [-0.4, -0.2) is 4.38 Å². The first-order chi connectivity index (χ1) is 5.75. The maximum Gasteiger partial charge on any atom is 0.0377 e. The van der Waals surface area contributed by atoms with Gasteiger partial charge in [-0.25, -0.2) is 0 Å². The maximum absolute atomic E-state index is 7.19. The van der Waals surface area contributed by atoms with Crippen molar-refractivity contribution in [2.45, 2.75) is 19.6 Å². The Hall–Kier alpha value is 0.730. The molecule has 0 radical (unpaired) electrons. The number of halogens is 1. The molecule has 0 spiro atoms. The Morgan fingerprint density at radius 1 is 2.20 bits per heavy atom. The van der Waals surface area contributed by atoms with E-state index in [0.717, 1.165) is 22.6 Å². The van der Waals surface area contributed by atoms with Crippen molar-refractivity contribution in [1.29, 1.82) is 0 Å². The van der Waals surface area contributed by atoms with Gasteiger partial charge in [-0.1, -0.05) is 35.8 Å². The summed E-state index contributed by atoms with van der Waals surface area (Å²) >= 11 is 1.05. The highest BCUT2D eigenvalue weighted by molar-refractivity contribution is 14.1. The molecule has 0 aromatic carbocycles. The zero-order valence-corrected chi connectivity index (χ0v) is 4.54. The van der Waals surface area contributed by atoms with E-state index in [0.29, 0.717) is 0 Å². The molecule has 32 valence electrons. The largest absolute Gasteiger partial charge is 0.0864 e. The number of alkyl halides is 1. The van der Waals surface area contributed by atoms with Crippen LogP contribution in [0.3, 0.4) is 0 Å². The first kappa shape index (κ1) is 0.680. The lowest BCUT2D eigenvalue weighted by atomic mass is 10.4. The molecule has 0 aromatic rings. The van der Waals surface area contributed by atoms with E-state index >= 15 is 0 Å². The predicted octanol–water partition coefficient (Wildman–Crippen LogP) is 2.22. The van der Waals surface area contributed by atoms with Crippen LogP contribution in [0.15, 0.2) is 0 Å². The lowest BCUT2D eigenvalue weighted by Gasteiger charge is -1.77. The van der Waals surface area contributed by atoms with Crippen LogP contribution in [0.1, 0.15) is 31.9 Å². The highest BCUT2D eigenvalue weighted by Gasteiger charge is 1.69. The van der Waals surface area contributed by atoms with Crippen molar-refractivity contribution in [2.75, 3.05) is 4.38 Å². The molecule has 0 saturated heterocycles. The predicted molar refractivity (Wildman–Crippen MR) is 33.8 cm³/mol. The van der Waals surface area contributed by atoms with Gasteiger partial charge in [0, 0.05) is 12.3 Å². The zero-order chi connectivity index (χ0) is 12.0. The van der Waals surface area contributed by atoms with Gasteiger partial charge in [-0.3, -0.25) is 0 Å². The first-order valence-electron chi connectivity index (χ1n) is 5.44. The lowest BCUT2D eigenvalue weighted by molar-refractivity contribution is 0.907. The van der Waals surface area contributed by atoms with Gasteiger partial charge in [0.15, 0.2) is 0 Å². The summed E-state index contributed by atoms with van der Waals surface area (Å²) in [7, 11) is 0. The van der Waals surface area contributed by atoms with Crippen LogP contribution in [0.5, 0.6) is 0 Å². The molecule has 0 aromatic heterocycles. The molecular weight excluding hydrogens is 175 g/mol. The van der Waals surface area contributed by atoms with Crippen molar-refractivity contribution in [3.8, 4) is 0 Å². The number of rotatable bonds is 2. The standard InChI is InChI=1S/C4H9I/c1-2-3-4-5/h2-4H2,1H3/i1D3,2D2,3D2,4D2. The van der Waals surface area contributed by atoms with Crippen LogP contribution >= 0.6 is 22.6 Å². The molecule has 0 bridgehead atoms. The van der Waals surface area contributed by atoms with Crippen molar-refractivity contribution < 1.29 is 12.3 Å². The minimum Gasteiger partial charge on any atom is -0.0864 e. The van der Waals surface area contributed by atoms with Gasteiger partial charge in [-0.2, -0.15) is 0 Å². The topological polar surface area (TPSA) is 0 Å². The van der Waals surface area contributed by atoms with Crippen LogP contribution in [0.4, 0.5) is 0 Å². The van der Waals surface area contributed by atoms with E-state index in [1.165, 1.54) is 0 Å². The zero-order valence-electron chi connectivity index (χ0n) is 11.4. The summed E-state index contributed by atoms with van der Waals surface area (Å²) in [5.41, 5.74) is 0. The summed E-state index contributed by atoms with van der Waals surface area (Å²) in [6.45, 7) is -3.20. The molecule has 0 rings (SSSR count). The Morgan fingerprint density at radius 2 is 3.00 bits per heavy atom. The second-order valence-corrected chi connectivity index (χ2v) is 0.884. The van der Waals surface area contributed by atoms with Gasteiger partial charge < -0.3 is 0 Å². The SMILES string of the molecule is [2H]C([2H])([2H])C([2H])([2H])C([2H])([2H])C([2H])([2H])I. The third kappa shape index (κ3) is 4.73. The van der Waals surface area contributed by atoms with Crippen LogP contribution < -0.4 is 0 Å². The van der Waals surface area contributed by atoms with Crippen LogP contribution in [0.25, 0.3) is 0 Å². The average molecular weight is 193 g/mol. The van der Waals surface area contributed by atoms with Crippen LogP contribution in [0, 0.1) is 0 Å². The summed E-state index contributed by atoms with van der Waals surface area (Å²) in [6.07, 6.45) is -6.32. The van der Waals surface area contributed by atoms with E-state index in [2.05, 4.69) is 0 Å².